The van der Waals surface area contributed by atoms with E-state index in [1.54, 1.807) is 25.2 Å². The molecule has 0 saturated carbocycles. The van der Waals surface area contributed by atoms with Gasteiger partial charge in [0.05, 0.1) is 32.9 Å². The molecule has 1 aliphatic heterocycles. The molecular formula is C20H22FNO4. The topological polar surface area (TPSA) is 48.0 Å². The van der Waals surface area contributed by atoms with E-state index in [1.807, 2.05) is 18.2 Å². The van der Waals surface area contributed by atoms with Crippen LogP contribution in [0.15, 0.2) is 36.4 Å². The number of halogens is 1. The SMILES string of the molecule is COc1ccc(C(=O)N2CCCC2c2cc(OC)ccc2OC)c(F)c1. The van der Waals surface area contributed by atoms with Gasteiger partial charge in [0.25, 0.3) is 5.91 Å². The second-order valence-corrected chi connectivity index (χ2v) is 6.11. The summed E-state index contributed by atoms with van der Waals surface area (Å²) in [5.74, 6) is 0.836. The first-order valence-corrected chi connectivity index (χ1v) is 8.45. The normalized spacial score (nSPS) is 16.5. The Hall–Kier alpha value is -2.76. The zero-order valence-electron chi connectivity index (χ0n) is 15.1. The number of amides is 1. The van der Waals surface area contributed by atoms with E-state index in [0.29, 0.717) is 23.8 Å². The zero-order chi connectivity index (χ0) is 18.7. The fourth-order valence-corrected chi connectivity index (χ4v) is 3.38. The van der Waals surface area contributed by atoms with Crippen LogP contribution in [0, 0.1) is 5.82 Å². The van der Waals surface area contributed by atoms with E-state index < -0.39 is 5.82 Å². The number of benzene rings is 2. The van der Waals surface area contributed by atoms with Crippen LogP contribution in [0.1, 0.15) is 34.8 Å². The molecule has 1 heterocycles. The summed E-state index contributed by atoms with van der Waals surface area (Å²) in [4.78, 5) is 14.7. The van der Waals surface area contributed by atoms with Crippen LogP contribution in [-0.4, -0.2) is 38.7 Å². The van der Waals surface area contributed by atoms with Crippen molar-refractivity contribution in [1.82, 2.24) is 4.90 Å². The van der Waals surface area contributed by atoms with E-state index in [0.717, 1.165) is 18.4 Å². The first-order chi connectivity index (χ1) is 12.6. The number of ether oxygens (including phenoxy) is 3. The molecule has 6 heteroatoms. The first-order valence-electron chi connectivity index (χ1n) is 8.45. The quantitative estimate of drug-likeness (QED) is 0.814. The minimum atomic E-state index is -0.586. The largest absolute Gasteiger partial charge is 0.497 e. The van der Waals surface area contributed by atoms with Gasteiger partial charge in [-0.1, -0.05) is 0 Å². The van der Waals surface area contributed by atoms with Crippen LogP contribution in [0.5, 0.6) is 17.2 Å². The van der Waals surface area contributed by atoms with Crippen molar-refractivity contribution >= 4 is 5.91 Å². The molecule has 1 fully saturated rings. The lowest BCUT2D eigenvalue weighted by molar-refractivity contribution is 0.0729. The van der Waals surface area contributed by atoms with Gasteiger partial charge >= 0.3 is 0 Å². The Balaban J connectivity index is 1.95. The van der Waals surface area contributed by atoms with Gasteiger partial charge < -0.3 is 19.1 Å². The zero-order valence-corrected chi connectivity index (χ0v) is 15.1. The van der Waals surface area contributed by atoms with Crippen LogP contribution in [0.3, 0.4) is 0 Å². The lowest BCUT2D eigenvalue weighted by atomic mass is 10.0. The highest BCUT2D eigenvalue weighted by Crippen LogP contribution is 2.39. The first kappa shape index (κ1) is 18.0. The molecule has 0 spiro atoms. The van der Waals surface area contributed by atoms with Gasteiger partial charge in [-0.3, -0.25) is 4.79 Å². The predicted molar refractivity (Wildman–Crippen MR) is 95.5 cm³/mol. The molecule has 1 aliphatic rings. The monoisotopic (exact) mass is 359 g/mol. The number of hydrogen-bond acceptors (Lipinski definition) is 4. The minimum Gasteiger partial charge on any atom is -0.497 e. The number of methoxy groups -OCH3 is 3. The summed E-state index contributed by atoms with van der Waals surface area (Å²) in [6, 6.07) is 9.61. The maximum absolute atomic E-state index is 14.4. The third kappa shape index (κ3) is 3.31. The lowest BCUT2D eigenvalue weighted by Crippen LogP contribution is -2.31. The van der Waals surface area contributed by atoms with Gasteiger partial charge in [-0.25, -0.2) is 4.39 Å². The highest BCUT2D eigenvalue weighted by molar-refractivity contribution is 5.95. The third-order valence-electron chi connectivity index (χ3n) is 4.72. The van der Waals surface area contributed by atoms with Gasteiger partial charge in [0.2, 0.25) is 0 Å². The van der Waals surface area contributed by atoms with Crippen molar-refractivity contribution in [3.8, 4) is 17.2 Å². The molecule has 1 unspecified atom stereocenters. The van der Waals surface area contributed by atoms with E-state index in [4.69, 9.17) is 14.2 Å². The maximum atomic E-state index is 14.4. The van der Waals surface area contributed by atoms with E-state index in [1.165, 1.54) is 19.2 Å². The Morgan fingerprint density at radius 2 is 1.73 bits per heavy atom. The van der Waals surface area contributed by atoms with Gasteiger partial charge in [0, 0.05) is 18.2 Å². The highest BCUT2D eigenvalue weighted by atomic mass is 19.1. The van der Waals surface area contributed by atoms with Crippen LogP contribution in [-0.2, 0) is 0 Å². The average molecular weight is 359 g/mol. The van der Waals surface area contributed by atoms with Gasteiger partial charge in [0.15, 0.2) is 0 Å². The molecule has 1 saturated heterocycles. The van der Waals surface area contributed by atoms with E-state index in [-0.39, 0.29) is 17.5 Å². The molecule has 2 aromatic rings. The van der Waals surface area contributed by atoms with Crippen LogP contribution in [0.4, 0.5) is 4.39 Å². The summed E-state index contributed by atoms with van der Waals surface area (Å²) >= 11 is 0. The van der Waals surface area contributed by atoms with Crippen molar-refractivity contribution in [2.24, 2.45) is 0 Å². The molecule has 0 bridgehead atoms. The molecule has 0 N–H and O–H groups in total. The summed E-state index contributed by atoms with van der Waals surface area (Å²) < 4.78 is 30.1. The fourth-order valence-electron chi connectivity index (χ4n) is 3.38. The maximum Gasteiger partial charge on any atom is 0.257 e. The van der Waals surface area contributed by atoms with Crippen molar-refractivity contribution in [2.75, 3.05) is 27.9 Å². The molecule has 138 valence electrons. The van der Waals surface area contributed by atoms with Crippen LogP contribution < -0.4 is 14.2 Å². The number of rotatable bonds is 5. The molecule has 2 aromatic carbocycles. The molecule has 1 atom stereocenters. The highest BCUT2D eigenvalue weighted by Gasteiger charge is 2.33. The Bertz CT molecular complexity index is 808. The molecular weight excluding hydrogens is 337 g/mol. The van der Waals surface area contributed by atoms with Crippen LogP contribution in [0.25, 0.3) is 0 Å². The molecule has 0 aromatic heterocycles. The summed E-state index contributed by atoms with van der Waals surface area (Å²) in [5, 5.41) is 0. The predicted octanol–water partition coefficient (Wildman–Crippen LogP) is 3.83. The smallest absolute Gasteiger partial charge is 0.257 e. The van der Waals surface area contributed by atoms with Crippen molar-refractivity contribution in [1.29, 1.82) is 0 Å². The van der Waals surface area contributed by atoms with Gasteiger partial charge in [-0.2, -0.15) is 0 Å². The van der Waals surface area contributed by atoms with Crippen molar-refractivity contribution in [2.45, 2.75) is 18.9 Å². The Morgan fingerprint density at radius 1 is 1.04 bits per heavy atom. The van der Waals surface area contributed by atoms with E-state index in [9.17, 15) is 9.18 Å². The fraction of sp³-hybridized carbons (Fsp3) is 0.350. The Morgan fingerprint density at radius 3 is 2.38 bits per heavy atom. The summed E-state index contributed by atoms with van der Waals surface area (Å²) in [7, 11) is 4.65. The average Bonchev–Trinajstić information content (AvgIpc) is 3.16. The Kier molecular flexibility index (Phi) is 5.30. The summed E-state index contributed by atoms with van der Waals surface area (Å²) in [6.45, 7) is 0.565. The lowest BCUT2D eigenvalue weighted by Gasteiger charge is -2.27. The number of carbonyl (C=O) groups excluding carboxylic acids is 1. The second-order valence-electron chi connectivity index (χ2n) is 6.11. The second kappa shape index (κ2) is 7.64. The number of nitrogens with zero attached hydrogens (tertiary/aromatic N) is 1. The molecule has 1 amide bonds. The van der Waals surface area contributed by atoms with Gasteiger partial charge in [-0.15, -0.1) is 0 Å². The summed E-state index contributed by atoms with van der Waals surface area (Å²) in [5.41, 5.74) is 0.909. The number of hydrogen-bond donors (Lipinski definition) is 0. The molecule has 26 heavy (non-hydrogen) atoms. The minimum absolute atomic E-state index is 0.0413. The van der Waals surface area contributed by atoms with Gasteiger partial charge in [0.1, 0.15) is 23.1 Å². The Labute approximate surface area is 152 Å². The molecule has 0 aliphatic carbocycles. The van der Waals surface area contributed by atoms with Crippen LogP contribution >= 0.6 is 0 Å². The van der Waals surface area contributed by atoms with E-state index >= 15 is 0 Å². The molecule has 0 radical (unpaired) electrons. The summed E-state index contributed by atoms with van der Waals surface area (Å²) in [6.07, 6.45) is 1.63. The van der Waals surface area contributed by atoms with Crippen molar-refractivity contribution < 1.29 is 23.4 Å². The van der Waals surface area contributed by atoms with E-state index in [2.05, 4.69) is 0 Å². The van der Waals surface area contributed by atoms with Crippen LogP contribution in [0.2, 0.25) is 0 Å². The number of carbonyl (C=O) groups is 1. The number of likely N-dealkylation sites (tertiary alicyclic amines) is 1. The van der Waals surface area contributed by atoms with Crippen molar-refractivity contribution in [3.63, 3.8) is 0 Å². The standard InChI is InChI=1S/C20H22FNO4/c1-24-13-7-9-19(26-3)16(11-13)18-5-4-10-22(18)20(23)15-8-6-14(25-2)12-17(15)21/h6-9,11-12,18H,4-5,10H2,1-3H3. The molecule has 5 nitrogen and oxygen atoms in total. The van der Waals surface area contributed by atoms with Crippen molar-refractivity contribution in [3.05, 3.63) is 53.3 Å². The molecule has 3 rings (SSSR count). The van der Waals surface area contributed by atoms with Gasteiger partial charge in [-0.05, 0) is 43.2 Å². The third-order valence-corrected chi connectivity index (χ3v) is 4.72.